The summed E-state index contributed by atoms with van der Waals surface area (Å²) < 4.78 is 0. The predicted octanol–water partition coefficient (Wildman–Crippen LogP) is -2.41. The number of hydrogen-bond donors (Lipinski definition) is 9. The smallest absolute Gasteiger partial charge is 0.326 e. The van der Waals surface area contributed by atoms with Gasteiger partial charge in [0, 0.05) is 31.3 Å². The first-order valence-electron chi connectivity index (χ1n) is 12.6. The van der Waals surface area contributed by atoms with Crippen molar-refractivity contribution in [2.45, 2.75) is 56.3 Å². The fourth-order valence-electron chi connectivity index (χ4n) is 3.75. The van der Waals surface area contributed by atoms with Crippen LogP contribution < -0.4 is 33.2 Å². The highest BCUT2D eigenvalue weighted by molar-refractivity contribution is 5.94. The number of nitrogens with zero attached hydrogens (tertiary/aromatic N) is 2. The Balaban J connectivity index is 2.23. The number of rotatable bonds is 17. The highest BCUT2D eigenvalue weighted by Crippen LogP contribution is 2.07. The fraction of sp³-hybridized carbons (Fsp3) is 0.400. The molecule has 0 aliphatic carbocycles. The second kappa shape index (κ2) is 16.2. The Kier molecular flexibility index (Phi) is 12.7. The van der Waals surface area contributed by atoms with E-state index in [-0.39, 0.29) is 38.2 Å². The largest absolute Gasteiger partial charge is 0.481 e. The zero-order valence-corrected chi connectivity index (χ0v) is 22.2. The number of carboxylic acid groups (broad SMARTS) is 2. The van der Waals surface area contributed by atoms with Gasteiger partial charge in [0.05, 0.1) is 18.8 Å². The number of aliphatic carboxylic acids is 2. The molecule has 0 bridgehead atoms. The van der Waals surface area contributed by atoms with Crippen molar-refractivity contribution in [2.24, 2.45) is 22.2 Å². The molecular weight excluding hydrogens is 538 g/mol. The van der Waals surface area contributed by atoms with Crippen molar-refractivity contribution < 1.29 is 34.2 Å². The predicted molar refractivity (Wildman–Crippen MR) is 146 cm³/mol. The monoisotopic (exact) mass is 573 g/mol. The van der Waals surface area contributed by atoms with Crippen molar-refractivity contribution in [3.63, 3.8) is 0 Å². The molecule has 222 valence electrons. The van der Waals surface area contributed by atoms with Crippen LogP contribution in [0.5, 0.6) is 0 Å². The van der Waals surface area contributed by atoms with Gasteiger partial charge in [-0.15, -0.1) is 0 Å². The maximum Gasteiger partial charge on any atom is 0.326 e. The maximum atomic E-state index is 13.3. The molecule has 0 saturated heterocycles. The minimum Gasteiger partial charge on any atom is -0.481 e. The SMILES string of the molecule is NC(N)=NCCCC(NC(=O)C(Cc1cnc[nH]1)NC(=O)C(N)CC(=O)O)C(=O)NC(Cc1ccccc1)C(=O)O. The molecule has 2 rings (SSSR count). The molecular formula is C25H35N9O7. The number of imidazole rings is 1. The number of aromatic nitrogens is 2. The van der Waals surface area contributed by atoms with Gasteiger partial charge in [0.25, 0.3) is 0 Å². The maximum absolute atomic E-state index is 13.3. The Morgan fingerprint density at radius 3 is 2.12 bits per heavy atom. The van der Waals surface area contributed by atoms with Crippen molar-refractivity contribution in [3.05, 3.63) is 54.1 Å². The van der Waals surface area contributed by atoms with Gasteiger partial charge in [-0.2, -0.15) is 0 Å². The average Bonchev–Trinajstić information content (AvgIpc) is 3.42. The van der Waals surface area contributed by atoms with E-state index >= 15 is 0 Å². The van der Waals surface area contributed by atoms with Gasteiger partial charge >= 0.3 is 11.9 Å². The van der Waals surface area contributed by atoms with Crippen LogP contribution in [-0.4, -0.2) is 86.5 Å². The number of aromatic amines is 1. The van der Waals surface area contributed by atoms with Crippen molar-refractivity contribution >= 4 is 35.6 Å². The minimum absolute atomic E-state index is 0.00342. The van der Waals surface area contributed by atoms with E-state index in [2.05, 4.69) is 30.9 Å². The van der Waals surface area contributed by atoms with Gasteiger partial charge in [-0.25, -0.2) is 9.78 Å². The Labute approximate surface area is 235 Å². The van der Waals surface area contributed by atoms with E-state index in [1.54, 1.807) is 30.3 Å². The molecule has 0 aliphatic rings. The van der Waals surface area contributed by atoms with Crippen LogP contribution in [0.15, 0.2) is 47.8 Å². The number of H-pyrrole nitrogens is 1. The highest BCUT2D eigenvalue weighted by atomic mass is 16.4. The normalized spacial score (nSPS) is 13.6. The lowest BCUT2D eigenvalue weighted by molar-refractivity contribution is -0.142. The van der Waals surface area contributed by atoms with Gasteiger partial charge in [0.2, 0.25) is 17.7 Å². The number of nitrogens with one attached hydrogen (secondary N) is 4. The fourth-order valence-corrected chi connectivity index (χ4v) is 3.75. The lowest BCUT2D eigenvalue weighted by Crippen LogP contribution is -2.58. The standard InChI is InChI=1S/C25H35N9O7/c26-16(11-20(35)36)21(37)33-18(10-15-12-29-13-31-15)23(39)32-17(7-4-8-30-25(27)28)22(38)34-19(24(40)41)9-14-5-2-1-3-6-14/h1-3,5-6,12-13,16-19H,4,7-11,26H2,(H,29,31)(H,32,39)(H,33,37)(H,34,38)(H,35,36)(H,40,41)(H4,27,28,30). The van der Waals surface area contributed by atoms with Gasteiger partial charge in [-0.05, 0) is 18.4 Å². The van der Waals surface area contributed by atoms with Gasteiger partial charge in [-0.3, -0.25) is 24.2 Å². The summed E-state index contributed by atoms with van der Waals surface area (Å²) in [6.45, 7) is 0.132. The summed E-state index contributed by atoms with van der Waals surface area (Å²) in [5.41, 5.74) is 17.5. The van der Waals surface area contributed by atoms with Crippen LogP contribution in [0.25, 0.3) is 0 Å². The molecule has 4 atom stereocenters. The van der Waals surface area contributed by atoms with Gasteiger partial charge < -0.3 is 48.3 Å². The number of carboxylic acids is 2. The molecule has 0 spiro atoms. The van der Waals surface area contributed by atoms with E-state index < -0.39 is 60.2 Å². The molecule has 1 aromatic heterocycles. The van der Waals surface area contributed by atoms with Crippen LogP contribution in [0.4, 0.5) is 0 Å². The Morgan fingerprint density at radius 2 is 1.54 bits per heavy atom. The summed E-state index contributed by atoms with van der Waals surface area (Å²) in [4.78, 5) is 72.5. The third-order valence-corrected chi connectivity index (χ3v) is 5.82. The summed E-state index contributed by atoms with van der Waals surface area (Å²) in [5.74, 6) is -5.21. The van der Waals surface area contributed by atoms with Crippen LogP contribution in [0, 0.1) is 0 Å². The number of benzene rings is 1. The number of amides is 3. The van der Waals surface area contributed by atoms with Crippen LogP contribution in [-0.2, 0) is 36.8 Å². The third kappa shape index (κ3) is 11.7. The number of carbonyl (C=O) groups excluding carboxylic acids is 3. The van der Waals surface area contributed by atoms with Crippen molar-refractivity contribution in [2.75, 3.05) is 6.54 Å². The number of hydrogen-bond acceptors (Lipinski definition) is 8. The molecule has 1 aromatic carbocycles. The highest BCUT2D eigenvalue weighted by Gasteiger charge is 2.31. The van der Waals surface area contributed by atoms with Crippen LogP contribution in [0.3, 0.4) is 0 Å². The number of aliphatic imine (C=N–C) groups is 1. The molecule has 1 heterocycles. The Bertz CT molecular complexity index is 1200. The Hall–Kier alpha value is -4.99. The van der Waals surface area contributed by atoms with E-state index in [0.29, 0.717) is 11.3 Å². The molecule has 0 saturated carbocycles. The van der Waals surface area contributed by atoms with E-state index in [1.807, 2.05) is 0 Å². The summed E-state index contributed by atoms with van der Waals surface area (Å²) in [6.07, 6.45) is 2.29. The molecule has 2 aromatic rings. The molecule has 16 heteroatoms. The van der Waals surface area contributed by atoms with E-state index in [0.717, 1.165) is 0 Å². The molecule has 0 aliphatic heterocycles. The number of guanidine groups is 1. The molecule has 16 nitrogen and oxygen atoms in total. The first kappa shape index (κ1) is 32.2. The van der Waals surface area contributed by atoms with Gasteiger partial charge in [0.15, 0.2) is 5.96 Å². The van der Waals surface area contributed by atoms with Crippen LogP contribution >= 0.6 is 0 Å². The Morgan fingerprint density at radius 1 is 0.902 bits per heavy atom. The number of carbonyl (C=O) groups is 5. The zero-order chi connectivity index (χ0) is 30.4. The van der Waals surface area contributed by atoms with Crippen LogP contribution in [0.2, 0.25) is 0 Å². The average molecular weight is 574 g/mol. The van der Waals surface area contributed by atoms with Crippen molar-refractivity contribution in [1.82, 2.24) is 25.9 Å². The third-order valence-electron chi connectivity index (χ3n) is 5.82. The second-order valence-electron chi connectivity index (χ2n) is 9.15. The van der Waals surface area contributed by atoms with Crippen molar-refractivity contribution in [3.8, 4) is 0 Å². The summed E-state index contributed by atoms with van der Waals surface area (Å²) in [6, 6.07) is 3.43. The molecule has 12 N–H and O–H groups in total. The second-order valence-corrected chi connectivity index (χ2v) is 9.15. The number of nitrogens with two attached hydrogens (primary N) is 3. The topological polar surface area (TPSA) is 281 Å². The van der Waals surface area contributed by atoms with Gasteiger partial charge in [0.1, 0.15) is 18.1 Å². The van der Waals surface area contributed by atoms with Gasteiger partial charge in [-0.1, -0.05) is 30.3 Å². The van der Waals surface area contributed by atoms with Crippen molar-refractivity contribution in [1.29, 1.82) is 0 Å². The summed E-state index contributed by atoms with van der Waals surface area (Å²) in [7, 11) is 0. The molecule has 0 fully saturated rings. The summed E-state index contributed by atoms with van der Waals surface area (Å²) in [5, 5.41) is 26.1. The lowest BCUT2D eigenvalue weighted by atomic mass is 10.0. The molecule has 4 unspecified atom stereocenters. The molecule has 41 heavy (non-hydrogen) atoms. The quantitative estimate of drug-likeness (QED) is 0.0545. The van der Waals surface area contributed by atoms with E-state index in [1.165, 1.54) is 12.5 Å². The minimum atomic E-state index is -1.43. The first-order chi connectivity index (χ1) is 19.5. The lowest BCUT2D eigenvalue weighted by Gasteiger charge is -2.25. The van der Waals surface area contributed by atoms with E-state index in [4.69, 9.17) is 22.3 Å². The van der Waals surface area contributed by atoms with E-state index in [9.17, 15) is 29.1 Å². The molecule has 3 amide bonds. The summed E-state index contributed by atoms with van der Waals surface area (Å²) >= 11 is 0. The zero-order valence-electron chi connectivity index (χ0n) is 22.2. The molecule has 0 radical (unpaired) electrons. The first-order valence-corrected chi connectivity index (χ1v) is 12.6. The van der Waals surface area contributed by atoms with Crippen LogP contribution in [0.1, 0.15) is 30.5 Å².